The zero-order valence-electron chi connectivity index (χ0n) is 12.2. The molecular formula is C17H20O3. The zero-order chi connectivity index (χ0) is 14.7. The number of carbonyl (C=O) groups excluding carboxylic acids is 1. The van der Waals surface area contributed by atoms with Gasteiger partial charge in [-0.1, -0.05) is 37.8 Å². The number of methoxy groups -OCH3 is 1. The Kier molecular flexibility index (Phi) is 4.40. The van der Waals surface area contributed by atoms with Crippen LogP contribution in [-0.4, -0.2) is 19.2 Å². The summed E-state index contributed by atoms with van der Waals surface area (Å²) in [6.07, 6.45) is 4.25. The first kappa shape index (κ1) is 14.5. The van der Waals surface area contributed by atoms with Gasteiger partial charge in [-0.3, -0.25) is 0 Å². The fourth-order valence-corrected chi connectivity index (χ4v) is 2.37. The van der Waals surface area contributed by atoms with E-state index in [4.69, 9.17) is 9.47 Å². The number of benzene rings is 1. The van der Waals surface area contributed by atoms with Crippen LogP contribution in [0.4, 0.5) is 0 Å². The van der Waals surface area contributed by atoms with Gasteiger partial charge in [0.2, 0.25) is 0 Å². The summed E-state index contributed by atoms with van der Waals surface area (Å²) in [5.41, 5.74) is 3.81. The Morgan fingerprint density at radius 2 is 2.15 bits per heavy atom. The van der Waals surface area contributed by atoms with Crippen molar-refractivity contribution < 1.29 is 14.3 Å². The summed E-state index contributed by atoms with van der Waals surface area (Å²) in [7, 11) is 1.72. The van der Waals surface area contributed by atoms with Crippen molar-refractivity contribution in [2.24, 2.45) is 0 Å². The molecule has 0 radical (unpaired) electrons. The smallest absolute Gasteiger partial charge is 0.333 e. The van der Waals surface area contributed by atoms with Gasteiger partial charge in [0.05, 0.1) is 6.10 Å². The number of esters is 1. The van der Waals surface area contributed by atoms with Crippen molar-refractivity contribution in [3.05, 3.63) is 53.1 Å². The van der Waals surface area contributed by atoms with Gasteiger partial charge in [-0.25, -0.2) is 4.79 Å². The fourth-order valence-electron chi connectivity index (χ4n) is 2.37. The van der Waals surface area contributed by atoms with E-state index < -0.39 is 0 Å². The Labute approximate surface area is 119 Å². The summed E-state index contributed by atoms with van der Waals surface area (Å²) < 4.78 is 10.6. The van der Waals surface area contributed by atoms with Crippen LogP contribution in [0.1, 0.15) is 36.5 Å². The zero-order valence-corrected chi connectivity index (χ0v) is 12.2. The van der Waals surface area contributed by atoms with Crippen LogP contribution in [0, 0.1) is 0 Å². The standard InChI is InChI=1S/C17H20O3/c1-11(2)17(18)20-10-13-5-7-15-12(3)16(19-4)8-6-14(15)9-13/h5-9,12,16H,1,10H2,2-4H3. The maximum absolute atomic E-state index is 11.4. The molecule has 1 aromatic rings. The molecule has 2 atom stereocenters. The van der Waals surface area contributed by atoms with E-state index in [2.05, 4.69) is 37.8 Å². The van der Waals surface area contributed by atoms with Gasteiger partial charge >= 0.3 is 5.97 Å². The summed E-state index contributed by atoms with van der Waals surface area (Å²) in [5, 5.41) is 0. The molecule has 0 heterocycles. The molecule has 2 rings (SSSR count). The van der Waals surface area contributed by atoms with Crippen molar-refractivity contribution in [1.82, 2.24) is 0 Å². The van der Waals surface area contributed by atoms with E-state index in [0.717, 1.165) is 11.1 Å². The van der Waals surface area contributed by atoms with Crippen molar-refractivity contribution in [3.63, 3.8) is 0 Å². The Bertz CT molecular complexity index is 557. The van der Waals surface area contributed by atoms with Gasteiger partial charge in [-0.2, -0.15) is 0 Å². The van der Waals surface area contributed by atoms with Gasteiger partial charge in [0.15, 0.2) is 0 Å². The molecule has 1 aromatic carbocycles. The van der Waals surface area contributed by atoms with E-state index in [1.54, 1.807) is 14.0 Å². The molecule has 1 aliphatic rings. The van der Waals surface area contributed by atoms with Gasteiger partial charge in [0, 0.05) is 18.6 Å². The Morgan fingerprint density at radius 3 is 2.80 bits per heavy atom. The Hall–Kier alpha value is -1.87. The summed E-state index contributed by atoms with van der Waals surface area (Å²) in [5.74, 6) is -0.0295. The normalized spacial score (nSPS) is 20.4. The molecule has 0 fully saturated rings. The van der Waals surface area contributed by atoms with Crippen molar-refractivity contribution in [1.29, 1.82) is 0 Å². The van der Waals surface area contributed by atoms with Crippen LogP contribution in [0.25, 0.3) is 6.08 Å². The number of hydrogen-bond acceptors (Lipinski definition) is 3. The van der Waals surface area contributed by atoms with E-state index in [1.165, 1.54) is 5.56 Å². The highest BCUT2D eigenvalue weighted by Crippen LogP contribution is 2.31. The average Bonchev–Trinajstić information content (AvgIpc) is 2.45. The maximum Gasteiger partial charge on any atom is 0.333 e. The van der Waals surface area contributed by atoms with E-state index in [1.807, 2.05) is 6.07 Å². The van der Waals surface area contributed by atoms with E-state index in [0.29, 0.717) is 11.5 Å². The predicted octanol–water partition coefficient (Wildman–Crippen LogP) is 3.45. The molecule has 106 valence electrons. The van der Waals surface area contributed by atoms with Crippen LogP contribution in [0.5, 0.6) is 0 Å². The van der Waals surface area contributed by atoms with Crippen LogP contribution >= 0.6 is 0 Å². The SMILES string of the molecule is C=C(C)C(=O)OCc1ccc2c(c1)C=CC(OC)C2C. The quantitative estimate of drug-likeness (QED) is 0.622. The second-order valence-electron chi connectivity index (χ2n) is 5.17. The van der Waals surface area contributed by atoms with Gasteiger partial charge in [0.1, 0.15) is 6.61 Å². The Balaban J connectivity index is 2.13. The lowest BCUT2D eigenvalue weighted by molar-refractivity contribution is -0.140. The van der Waals surface area contributed by atoms with Crippen LogP contribution < -0.4 is 0 Å². The highest BCUT2D eigenvalue weighted by Gasteiger charge is 2.22. The molecule has 0 saturated heterocycles. The molecule has 0 saturated carbocycles. The summed E-state index contributed by atoms with van der Waals surface area (Å²) in [4.78, 5) is 11.4. The molecule has 3 nitrogen and oxygen atoms in total. The van der Waals surface area contributed by atoms with Gasteiger partial charge in [-0.15, -0.1) is 0 Å². The number of carbonyl (C=O) groups is 1. The number of hydrogen-bond donors (Lipinski definition) is 0. The summed E-state index contributed by atoms with van der Waals surface area (Å²) in [6, 6.07) is 6.13. The lowest BCUT2D eigenvalue weighted by Crippen LogP contribution is -2.19. The van der Waals surface area contributed by atoms with Crippen LogP contribution in [-0.2, 0) is 20.9 Å². The predicted molar refractivity (Wildman–Crippen MR) is 79.3 cm³/mol. The highest BCUT2D eigenvalue weighted by atomic mass is 16.5. The topological polar surface area (TPSA) is 35.5 Å². The van der Waals surface area contributed by atoms with Crippen molar-refractivity contribution in [2.45, 2.75) is 32.5 Å². The molecule has 0 aromatic heterocycles. The molecule has 0 N–H and O–H groups in total. The molecular weight excluding hydrogens is 252 g/mol. The van der Waals surface area contributed by atoms with Crippen LogP contribution in [0.2, 0.25) is 0 Å². The third-order valence-electron chi connectivity index (χ3n) is 3.59. The Morgan fingerprint density at radius 1 is 1.40 bits per heavy atom. The third-order valence-corrected chi connectivity index (χ3v) is 3.59. The summed E-state index contributed by atoms with van der Waals surface area (Å²) in [6.45, 7) is 7.63. The van der Waals surface area contributed by atoms with Gasteiger partial charge in [-0.05, 0) is 29.7 Å². The molecule has 0 amide bonds. The van der Waals surface area contributed by atoms with Crippen molar-refractivity contribution >= 4 is 12.0 Å². The molecule has 0 spiro atoms. The fraction of sp³-hybridized carbons (Fsp3) is 0.353. The van der Waals surface area contributed by atoms with Crippen molar-refractivity contribution in [2.75, 3.05) is 7.11 Å². The molecule has 20 heavy (non-hydrogen) atoms. The monoisotopic (exact) mass is 272 g/mol. The van der Waals surface area contributed by atoms with E-state index in [9.17, 15) is 4.79 Å². The van der Waals surface area contributed by atoms with Gasteiger partial charge in [0.25, 0.3) is 0 Å². The first-order valence-corrected chi connectivity index (χ1v) is 6.69. The first-order valence-electron chi connectivity index (χ1n) is 6.69. The first-order chi connectivity index (χ1) is 9.52. The highest BCUT2D eigenvalue weighted by molar-refractivity contribution is 5.86. The molecule has 0 bridgehead atoms. The van der Waals surface area contributed by atoms with Gasteiger partial charge < -0.3 is 9.47 Å². The molecule has 3 heteroatoms. The lowest BCUT2D eigenvalue weighted by atomic mass is 9.85. The maximum atomic E-state index is 11.4. The number of rotatable bonds is 4. The largest absolute Gasteiger partial charge is 0.457 e. The second-order valence-corrected chi connectivity index (χ2v) is 5.17. The number of ether oxygens (including phenoxy) is 2. The molecule has 2 unspecified atom stereocenters. The minimum Gasteiger partial charge on any atom is -0.457 e. The minimum atomic E-state index is -0.355. The third kappa shape index (κ3) is 2.99. The van der Waals surface area contributed by atoms with Crippen molar-refractivity contribution in [3.8, 4) is 0 Å². The number of fused-ring (bicyclic) bond motifs is 1. The van der Waals surface area contributed by atoms with E-state index in [-0.39, 0.29) is 18.7 Å². The van der Waals surface area contributed by atoms with Crippen LogP contribution in [0.3, 0.4) is 0 Å². The summed E-state index contributed by atoms with van der Waals surface area (Å²) >= 11 is 0. The minimum absolute atomic E-state index is 0.120. The van der Waals surface area contributed by atoms with E-state index >= 15 is 0 Å². The lowest BCUT2D eigenvalue weighted by Gasteiger charge is -2.26. The average molecular weight is 272 g/mol. The second kappa shape index (κ2) is 6.06. The molecule has 0 aliphatic heterocycles. The van der Waals surface area contributed by atoms with Crippen LogP contribution in [0.15, 0.2) is 36.4 Å². The molecule has 1 aliphatic carbocycles.